The lowest BCUT2D eigenvalue weighted by Gasteiger charge is -2.32. The van der Waals surface area contributed by atoms with Gasteiger partial charge in [0.25, 0.3) is 5.91 Å². The number of nitrogens with zero attached hydrogens (tertiary/aromatic N) is 3. The third-order valence-electron chi connectivity index (χ3n) is 3.39. The van der Waals surface area contributed by atoms with Crippen LogP contribution in [0.4, 0.5) is 5.69 Å². The van der Waals surface area contributed by atoms with Crippen molar-refractivity contribution in [3.63, 3.8) is 0 Å². The van der Waals surface area contributed by atoms with Crippen molar-refractivity contribution in [1.82, 2.24) is 15.3 Å². The maximum atomic E-state index is 12.3. The van der Waals surface area contributed by atoms with Crippen LogP contribution in [0.1, 0.15) is 10.4 Å². The van der Waals surface area contributed by atoms with E-state index in [1.165, 1.54) is 0 Å². The summed E-state index contributed by atoms with van der Waals surface area (Å²) in [5.74, 6) is -0.0335. The molecule has 0 saturated carbocycles. The molecule has 0 unspecified atom stereocenters. The molecule has 0 spiro atoms. The molecule has 1 aliphatic rings. The Bertz CT molecular complexity index is 439. The largest absolute Gasteiger partial charge is 0.377 e. The van der Waals surface area contributed by atoms with Crippen molar-refractivity contribution in [2.45, 2.75) is 0 Å². The fourth-order valence-electron chi connectivity index (χ4n) is 2.18. The highest BCUT2D eigenvalue weighted by Crippen LogP contribution is 2.17. The van der Waals surface area contributed by atoms with Gasteiger partial charge in [-0.1, -0.05) is 12.1 Å². The average Bonchev–Trinajstić information content (AvgIpc) is 2.41. The zero-order chi connectivity index (χ0) is 13.8. The van der Waals surface area contributed by atoms with Gasteiger partial charge in [0.1, 0.15) is 0 Å². The topological polar surface area (TPSA) is 38.8 Å². The molecule has 5 nitrogen and oxygen atoms in total. The number of hydrogen-bond donors (Lipinski definition) is 1. The van der Waals surface area contributed by atoms with Gasteiger partial charge in [-0.15, -0.1) is 0 Å². The van der Waals surface area contributed by atoms with Crippen LogP contribution in [0.2, 0.25) is 0 Å². The molecule has 1 fully saturated rings. The highest BCUT2D eigenvalue weighted by molar-refractivity contribution is 5.99. The summed E-state index contributed by atoms with van der Waals surface area (Å²) < 4.78 is 0. The van der Waals surface area contributed by atoms with E-state index < -0.39 is 0 Å². The SMILES string of the molecule is CN1CCN(NC(=O)c2ccccc2N(C)C)CC1. The van der Waals surface area contributed by atoms with E-state index in [-0.39, 0.29) is 5.91 Å². The van der Waals surface area contributed by atoms with Gasteiger partial charge in [-0.05, 0) is 19.2 Å². The third-order valence-corrected chi connectivity index (χ3v) is 3.39. The van der Waals surface area contributed by atoms with E-state index >= 15 is 0 Å². The molecule has 0 atom stereocenters. The molecule has 1 aliphatic heterocycles. The zero-order valence-corrected chi connectivity index (χ0v) is 11.9. The lowest BCUT2D eigenvalue weighted by atomic mass is 10.1. The van der Waals surface area contributed by atoms with Crippen molar-refractivity contribution in [2.75, 3.05) is 52.2 Å². The maximum Gasteiger partial charge on any atom is 0.267 e. The van der Waals surface area contributed by atoms with Crippen LogP contribution in [-0.4, -0.2) is 63.1 Å². The molecule has 1 aromatic carbocycles. The molecule has 2 rings (SSSR count). The fraction of sp³-hybridized carbons (Fsp3) is 0.500. The standard InChI is InChI=1S/C14H22N4O/c1-16(2)13-7-5-4-6-12(13)14(19)15-18-10-8-17(3)9-11-18/h4-7H,8-11H2,1-3H3,(H,15,19). The summed E-state index contributed by atoms with van der Waals surface area (Å²) in [6, 6.07) is 7.66. The van der Waals surface area contributed by atoms with Crippen molar-refractivity contribution in [1.29, 1.82) is 0 Å². The van der Waals surface area contributed by atoms with Gasteiger partial charge in [0.15, 0.2) is 0 Å². The smallest absolute Gasteiger partial charge is 0.267 e. The van der Waals surface area contributed by atoms with Gasteiger partial charge >= 0.3 is 0 Å². The van der Waals surface area contributed by atoms with Crippen LogP contribution < -0.4 is 10.3 Å². The van der Waals surface area contributed by atoms with E-state index in [9.17, 15) is 4.79 Å². The van der Waals surface area contributed by atoms with Crippen LogP contribution in [0.3, 0.4) is 0 Å². The lowest BCUT2D eigenvalue weighted by molar-refractivity contribution is 0.0663. The molecule has 1 saturated heterocycles. The predicted octanol–water partition coefficient (Wildman–Crippen LogP) is 0.645. The molecule has 0 radical (unpaired) electrons. The molecule has 0 bridgehead atoms. The minimum absolute atomic E-state index is 0.0335. The Morgan fingerprint density at radius 3 is 2.42 bits per heavy atom. The Balaban J connectivity index is 2.04. The first-order chi connectivity index (χ1) is 9.08. The first-order valence-corrected chi connectivity index (χ1v) is 6.59. The third kappa shape index (κ3) is 3.45. The molecule has 19 heavy (non-hydrogen) atoms. The minimum Gasteiger partial charge on any atom is -0.377 e. The Labute approximate surface area is 114 Å². The highest BCUT2D eigenvalue weighted by Gasteiger charge is 2.18. The number of carbonyl (C=O) groups is 1. The van der Waals surface area contributed by atoms with Crippen molar-refractivity contribution in [3.05, 3.63) is 29.8 Å². The second-order valence-corrected chi connectivity index (χ2v) is 5.14. The molecule has 1 N–H and O–H groups in total. The van der Waals surface area contributed by atoms with E-state index in [0.29, 0.717) is 5.56 Å². The van der Waals surface area contributed by atoms with Crippen molar-refractivity contribution >= 4 is 11.6 Å². The van der Waals surface area contributed by atoms with Crippen LogP contribution in [0.5, 0.6) is 0 Å². The first-order valence-electron chi connectivity index (χ1n) is 6.59. The molecule has 5 heteroatoms. The van der Waals surface area contributed by atoms with Gasteiger partial charge in [-0.3, -0.25) is 10.2 Å². The molecule has 104 valence electrons. The second-order valence-electron chi connectivity index (χ2n) is 5.14. The van der Waals surface area contributed by atoms with Gasteiger partial charge in [0.05, 0.1) is 5.56 Å². The van der Waals surface area contributed by atoms with Gasteiger partial charge in [-0.2, -0.15) is 0 Å². The molecule has 1 aromatic rings. The van der Waals surface area contributed by atoms with E-state index in [2.05, 4.69) is 17.4 Å². The number of nitrogens with one attached hydrogen (secondary N) is 1. The summed E-state index contributed by atoms with van der Waals surface area (Å²) in [7, 11) is 5.99. The van der Waals surface area contributed by atoms with Gasteiger partial charge in [0, 0.05) is 46.0 Å². The molecule has 1 heterocycles. The Kier molecular flexibility index (Phi) is 4.39. The Hall–Kier alpha value is -1.59. The highest BCUT2D eigenvalue weighted by atomic mass is 16.2. The van der Waals surface area contributed by atoms with Crippen LogP contribution in [-0.2, 0) is 0 Å². The summed E-state index contributed by atoms with van der Waals surface area (Å²) in [5.41, 5.74) is 4.65. The van der Waals surface area contributed by atoms with E-state index in [1.54, 1.807) is 0 Å². The van der Waals surface area contributed by atoms with E-state index in [1.807, 2.05) is 48.3 Å². The Morgan fingerprint density at radius 2 is 1.79 bits per heavy atom. The number of likely N-dealkylation sites (N-methyl/N-ethyl adjacent to an activating group) is 1. The zero-order valence-electron chi connectivity index (χ0n) is 11.9. The maximum absolute atomic E-state index is 12.3. The van der Waals surface area contributed by atoms with Crippen molar-refractivity contribution in [2.24, 2.45) is 0 Å². The summed E-state index contributed by atoms with van der Waals surface area (Å²) in [5, 5.41) is 1.99. The van der Waals surface area contributed by atoms with Crippen LogP contribution >= 0.6 is 0 Å². The predicted molar refractivity (Wildman–Crippen MR) is 77.3 cm³/mol. The number of benzene rings is 1. The number of anilines is 1. The average molecular weight is 262 g/mol. The second kappa shape index (κ2) is 6.04. The van der Waals surface area contributed by atoms with E-state index in [0.717, 1.165) is 31.9 Å². The number of hydrazine groups is 1. The number of rotatable bonds is 3. The molecular formula is C14H22N4O. The fourth-order valence-corrected chi connectivity index (χ4v) is 2.18. The normalized spacial score (nSPS) is 17.2. The van der Waals surface area contributed by atoms with Gasteiger partial charge in [-0.25, -0.2) is 5.01 Å². The van der Waals surface area contributed by atoms with Crippen LogP contribution in [0.25, 0.3) is 0 Å². The molecular weight excluding hydrogens is 240 g/mol. The van der Waals surface area contributed by atoms with Gasteiger partial charge < -0.3 is 9.80 Å². The van der Waals surface area contributed by atoms with Crippen molar-refractivity contribution in [3.8, 4) is 0 Å². The monoisotopic (exact) mass is 262 g/mol. The first kappa shape index (κ1) is 13.8. The number of para-hydroxylation sites is 1. The number of carbonyl (C=O) groups excluding carboxylic acids is 1. The van der Waals surface area contributed by atoms with Gasteiger partial charge in [0.2, 0.25) is 0 Å². The molecule has 0 aromatic heterocycles. The summed E-state index contributed by atoms with van der Waals surface area (Å²) in [6.07, 6.45) is 0. The number of piperazine rings is 1. The summed E-state index contributed by atoms with van der Waals surface area (Å²) in [6.45, 7) is 3.70. The molecule has 0 aliphatic carbocycles. The van der Waals surface area contributed by atoms with Crippen molar-refractivity contribution < 1.29 is 4.79 Å². The quantitative estimate of drug-likeness (QED) is 0.868. The number of amides is 1. The Morgan fingerprint density at radius 1 is 1.16 bits per heavy atom. The number of hydrogen-bond acceptors (Lipinski definition) is 4. The lowest BCUT2D eigenvalue weighted by Crippen LogP contribution is -2.52. The minimum atomic E-state index is -0.0335. The van der Waals surface area contributed by atoms with E-state index in [4.69, 9.17) is 0 Å². The summed E-state index contributed by atoms with van der Waals surface area (Å²) in [4.78, 5) is 16.5. The van der Waals surface area contributed by atoms with Crippen LogP contribution in [0, 0.1) is 0 Å². The molecule has 1 amide bonds. The van der Waals surface area contributed by atoms with Crippen LogP contribution in [0.15, 0.2) is 24.3 Å². The summed E-state index contributed by atoms with van der Waals surface area (Å²) >= 11 is 0.